The molecule has 0 radical (unpaired) electrons. The fourth-order valence-electron chi connectivity index (χ4n) is 1.21. The van der Waals surface area contributed by atoms with Gasteiger partial charge in [-0.2, -0.15) is 0 Å². The Morgan fingerprint density at radius 1 is 1.73 bits per heavy atom. The molecule has 0 aromatic rings. The van der Waals surface area contributed by atoms with E-state index in [1.54, 1.807) is 0 Å². The Labute approximate surface area is 67.7 Å². The molecule has 1 rings (SSSR count). The van der Waals surface area contributed by atoms with Crippen molar-refractivity contribution in [3.05, 3.63) is 0 Å². The maximum Gasteiger partial charge on any atom is 0.107 e. The maximum atomic E-state index is 9.22. The number of aliphatic hydroxyl groups excluding tert-OH is 1. The normalized spacial score (nSPS) is 35.2. The zero-order valence-electron chi connectivity index (χ0n) is 7.21. The first kappa shape index (κ1) is 8.97. The molecule has 0 aliphatic carbocycles. The van der Waals surface area contributed by atoms with Gasteiger partial charge in [0, 0.05) is 12.5 Å². The number of hydrogen-bond acceptors (Lipinski definition) is 3. The maximum absolute atomic E-state index is 9.22. The molecular weight excluding hydrogens is 142 g/mol. The lowest BCUT2D eigenvalue weighted by Crippen LogP contribution is -2.46. The Balaban J connectivity index is 2.24. The number of nitrogens with one attached hydrogen (secondary N) is 1. The third-order valence-corrected chi connectivity index (χ3v) is 2.17. The quantitative estimate of drug-likeness (QED) is 0.610. The van der Waals surface area contributed by atoms with E-state index in [4.69, 9.17) is 4.74 Å². The molecule has 2 N–H and O–H groups in total. The standard InChI is InChI=1S/C8H17NO2/c1-3-8-9-4-7(5-11-8)6(2)10/h6-10H,3-5H2,1-2H3. The minimum absolute atomic E-state index is 0.199. The summed E-state index contributed by atoms with van der Waals surface area (Å²) in [5.74, 6) is 0.262. The van der Waals surface area contributed by atoms with Crippen LogP contribution in [0.2, 0.25) is 0 Å². The van der Waals surface area contributed by atoms with E-state index < -0.39 is 0 Å². The van der Waals surface area contributed by atoms with Crippen LogP contribution in [-0.4, -0.2) is 30.6 Å². The topological polar surface area (TPSA) is 41.5 Å². The van der Waals surface area contributed by atoms with Crippen molar-refractivity contribution < 1.29 is 9.84 Å². The first-order valence-electron chi connectivity index (χ1n) is 4.27. The molecule has 0 amide bonds. The van der Waals surface area contributed by atoms with E-state index in [9.17, 15) is 5.11 Å². The summed E-state index contributed by atoms with van der Waals surface area (Å²) in [5, 5.41) is 12.4. The van der Waals surface area contributed by atoms with E-state index >= 15 is 0 Å². The average Bonchev–Trinajstić information content (AvgIpc) is 2.05. The predicted octanol–water partition coefficient (Wildman–Crippen LogP) is 0.339. The van der Waals surface area contributed by atoms with Crippen LogP contribution in [0.5, 0.6) is 0 Å². The van der Waals surface area contributed by atoms with Crippen LogP contribution in [0.25, 0.3) is 0 Å². The van der Waals surface area contributed by atoms with Crippen LogP contribution in [-0.2, 0) is 4.74 Å². The van der Waals surface area contributed by atoms with Crippen molar-refractivity contribution in [1.29, 1.82) is 0 Å². The molecule has 66 valence electrons. The summed E-state index contributed by atoms with van der Waals surface area (Å²) in [7, 11) is 0. The summed E-state index contributed by atoms with van der Waals surface area (Å²) < 4.78 is 5.43. The fourth-order valence-corrected chi connectivity index (χ4v) is 1.21. The van der Waals surface area contributed by atoms with Gasteiger partial charge in [0.05, 0.1) is 12.7 Å². The van der Waals surface area contributed by atoms with Crippen LogP contribution in [0.4, 0.5) is 0 Å². The average molecular weight is 159 g/mol. The first-order chi connectivity index (χ1) is 5.24. The summed E-state index contributed by atoms with van der Waals surface area (Å²) >= 11 is 0. The number of rotatable bonds is 2. The van der Waals surface area contributed by atoms with Crippen LogP contribution in [0.3, 0.4) is 0 Å². The highest BCUT2D eigenvalue weighted by Gasteiger charge is 2.22. The van der Waals surface area contributed by atoms with Crippen molar-refractivity contribution in [3.63, 3.8) is 0 Å². The van der Waals surface area contributed by atoms with Crippen LogP contribution >= 0.6 is 0 Å². The second-order valence-corrected chi connectivity index (χ2v) is 3.14. The summed E-state index contributed by atoms with van der Waals surface area (Å²) in [5.41, 5.74) is 0. The highest BCUT2D eigenvalue weighted by atomic mass is 16.5. The number of hydrogen-bond donors (Lipinski definition) is 2. The molecule has 0 bridgehead atoms. The molecule has 1 aliphatic heterocycles. The van der Waals surface area contributed by atoms with Gasteiger partial charge in [0.2, 0.25) is 0 Å². The third-order valence-electron chi connectivity index (χ3n) is 2.17. The molecule has 3 atom stereocenters. The Morgan fingerprint density at radius 2 is 2.45 bits per heavy atom. The minimum atomic E-state index is -0.264. The second kappa shape index (κ2) is 4.04. The van der Waals surface area contributed by atoms with Crippen LogP contribution in [0, 0.1) is 5.92 Å². The van der Waals surface area contributed by atoms with Gasteiger partial charge in [-0.1, -0.05) is 6.92 Å². The molecule has 1 aliphatic rings. The molecule has 11 heavy (non-hydrogen) atoms. The van der Waals surface area contributed by atoms with Gasteiger partial charge in [0.1, 0.15) is 6.23 Å². The molecule has 0 spiro atoms. The lowest BCUT2D eigenvalue weighted by molar-refractivity contribution is -0.0591. The molecule has 3 heteroatoms. The van der Waals surface area contributed by atoms with E-state index in [-0.39, 0.29) is 18.2 Å². The van der Waals surface area contributed by atoms with E-state index in [0.717, 1.165) is 13.0 Å². The molecule has 3 nitrogen and oxygen atoms in total. The Hall–Kier alpha value is -0.120. The molecule has 1 fully saturated rings. The van der Waals surface area contributed by atoms with Gasteiger partial charge < -0.3 is 9.84 Å². The van der Waals surface area contributed by atoms with E-state index in [1.165, 1.54) is 0 Å². The summed E-state index contributed by atoms with van der Waals surface area (Å²) in [6, 6.07) is 0. The van der Waals surface area contributed by atoms with Crippen LogP contribution in [0.1, 0.15) is 20.3 Å². The molecule has 1 saturated heterocycles. The molecule has 3 unspecified atom stereocenters. The monoisotopic (exact) mass is 159 g/mol. The molecule has 1 heterocycles. The van der Waals surface area contributed by atoms with Gasteiger partial charge in [0.15, 0.2) is 0 Å². The number of ether oxygens (including phenoxy) is 1. The smallest absolute Gasteiger partial charge is 0.107 e. The SMILES string of the molecule is CCC1NCC(C(C)O)CO1. The second-order valence-electron chi connectivity index (χ2n) is 3.14. The molecule has 0 saturated carbocycles. The lowest BCUT2D eigenvalue weighted by Gasteiger charge is -2.31. The van der Waals surface area contributed by atoms with Gasteiger partial charge >= 0.3 is 0 Å². The van der Waals surface area contributed by atoms with Crippen molar-refractivity contribution in [3.8, 4) is 0 Å². The predicted molar refractivity (Wildman–Crippen MR) is 43.2 cm³/mol. The van der Waals surface area contributed by atoms with Crippen molar-refractivity contribution in [1.82, 2.24) is 5.32 Å². The Bertz CT molecular complexity index is 109. The first-order valence-corrected chi connectivity index (χ1v) is 4.27. The summed E-state index contributed by atoms with van der Waals surface area (Å²) in [4.78, 5) is 0. The van der Waals surface area contributed by atoms with Crippen molar-refractivity contribution in [2.75, 3.05) is 13.2 Å². The highest BCUT2D eigenvalue weighted by Crippen LogP contribution is 2.10. The van der Waals surface area contributed by atoms with Crippen LogP contribution < -0.4 is 5.32 Å². The van der Waals surface area contributed by atoms with Crippen molar-refractivity contribution >= 4 is 0 Å². The molecular formula is C8H17NO2. The van der Waals surface area contributed by atoms with Gasteiger partial charge in [-0.25, -0.2) is 0 Å². The van der Waals surface area contributed by atoms with E-state index in [1.807, 2.05) is 6.92 Å². The van der Waals surface area contributed by atoms with Gasteiger partial charge in [0.25, 0.3) is 0 Å². The molecule has 0 aromatic carbocycles. The summed E-state index contributed by atoms with van der Waals surface area (Å²) in [6.45, 7) is 5.45. The fraction of sp³-hybridized carbons (Fsp3) is 1.00. The zero-order valence-corrected chi connectivity index (χ0v) is 7.21. The van der Waals surface area contributed by atoms with E-state index in [2.05, 4.69) is 12.2 Å². The van der Waals surface area contributed by atoms with Gasteiger partial charge in [-0.05, 0) is 13.3 Å². The van der Waals surface area contributed by atoms with Gasteiger partial charge in [-0.15, -0.1) is 0 Å². The largest absolute Gasteiger partial charge is 0.393 e. The van der Waals surface area contributed by atoms with Crippen molar-refractivity contribution in [2.24, 2.45) is 5.92 Å². The van der Waals surface area contributed by atoms with Crippen LogP contribution in [0.15, 0.2) is 0 Å². The number of aliphatic hydroxyl groups is 1. The lowest BCUT2D eigenvalue weighted by atomic mass is 10.0. The van der Waals surface area contributed by atoms with E-state index in [0.29, 0.717) is 6.61 Å². The Kier molecular flexibility index (Phi) is 3.30. The molecule has 0 aromatic heterocycles. The minimum Gasteiger partial charge on any atom is -0.393 e. The summed E-state index contributed by atoms with van der Waals surface area (Å²) in [6.07, 6.45) is 0.928. The van der Waals surface area contributed by atoms with Gasteiger partial charge in [-0.3, -0.25) is 5.32 Å². The van der Waals surface area contributed by atoms with Crippen molar-refractivity contribution in [2.45, 2.75) is 32.6 Å². The highest BCUT2D eigenvalue weighted by molar-refractivity contribution is 4.73. The zero-order chi connectivity index (χ0) is 8.27. The Morgan fingerprint density at radius 3 is 2.82 bits per heavy atom. The third kappa shape index (κ3) is 2.43.